The summed E-state index contributed by atoms with van der Waals surface area (Å²) < 4.78 is 37.5. The van der Waals surface area contributed by atoms with Gasteiger partial charge in [0.25, 0.3) is 5.91 Å². The van der Waals surface area contributed by atoms with Crippen LogP contribution in [0.1, 0.15) is 46.0 Å². The first-order chi connectivity index (χ1) is 10.9. The number of aromatic amines is 1. The van der Waals surface area contributed by atoms with Gasteiger partial charge in [0.15, 0.2) is 0 Å². The summed E-state index contributed by atoms with van der Waals surface area (Å²) in [5.41, 5.74) is 1.59. The number of nitrogens with one attached hydrogen (secondary N) is 2. The summed E-state index contributed by atoms with van der Waals surface area (Å²) in [6, 6.07) is 4.15. The number of aryl methyl sites for hydroxylation is 2. The monoisotopic (exact) mass is 323 g/mol. The molecule has 0 radical (unpaired) electrons. The molecule has 1 aliphatic rings. The quantitative estimate of drug-likeness (QED) is 0.911. The van der Waals surface area contributed by atoms with Crippen molar-refractivity contribution >= 4 is 5.91 Å². The second-order valence-electron chi connectivity index (χ2n) is 5.57. The Balaban J connectivity index is 1.62. The van der Waals surface area contributed by atoms with Crippen LogP contribution in [0.3, 0.4) is 0 Å². The topological polar surface area (TPSA) is 57.8 Å². The molecule has 0 bridgehead atoms. The van der Waals surface area contributed by atoms with E-state index in [0.717, 1.165) is 49.2 Å². The summed E-state index contributed by atoms with van der Waals surface area (Å²) in [7, 11) is 0. The molecule has 3 rings (SSSR count). The van der Waals surface area contributed by atoms with Crippen molar-refractivity contribution in [3.63, 3.8) is 0 Å². The first-order valence-electron chi connectivity index (χ1n) is 7.45. The third kappa shape index (κ3) is 3.55. The van der Waals surface area contributed by atoms with Crippen molar-refractivity contribution in [2.75, 3.05) is 0 Å². The summed E-state index contributed by atoms with van der Waals surface area (Å²) in [5, 5.41) is 2.67. The van der Waals surface area contributed by atoms with Gasteiger partial charge in [0.05, 0.1) is 17.8 Å². The van der Waals surface area contributed by atoms with Crippen molar-refractivity contribution in [1.82, 2.24) is 15.3 Å². The third-order valence-electron chi connectivity index (χ3n) is 3.89. The number of halogens is 3. The van der Waals surface area contributed by atoms with Crippen LogP contribution in [-0.4, -0.2) is 15.9 Å². The smallest absolute Gasteiger partial charge is 0.345 e. The highest BCUT2D eigenvalue weighted by molar-refractivity contribution is 5.94. The third-order valence-corrected chi connectivity index (χ3v) is 3.89. The van der Waals surface area contributed by atoms with Crippen molar-refractivity contribution in [2.45, 2.75) is 38.4 Å². The maximum absolute atomic E-state index is 12.5. The lowest BCUT2D eigenvalue weighted by molar-refractivity contribution is -0.137. The number of H-pyrrole nitrogens is 1. The van der Waals surface area contributed by atoms with Crippen LogP contribution in [0, 0.1) is 0 Å². The molecule has 0 unspecified atom stereocenters. The van der Waals surface area contributed by atoms with Crippen LogP contribution < -0.4 is 5.32 Å². The molecular weight excluding hydrogens is 307 g/mol. The first kappa shape index (κ1) is 15.6. The minimum absolute atomic E-state index is 0.189. The van der Waals surface area contributed by atoms with Gasteiger partial charge in [-0.25, -0.2) is 4.98 Å². The van der Waals surface area contributed by atoms with Crippen LogP contribution in [0.15, 0.2) is 24.3 Å². The molecule has 2 aromatic rings. The van der Waals surface area contributed by atoms with Gasteiger partial charge in [-0.3, -0.25) is 4.79 Å². The molecule has 0 aliphatic heterocycles. The Bertz CT molecular complexity index is 681. The van der Waals surface area contributed by atoms with Gasteiger partial charge in [-0.05, 0) is 49.9 Å². The Hall–Kier alpha value is -2.31. The molecule has 23 heavy (non-hydrogen) atoms. The van der Waals surface area contributed by atoms with E-state index in [9.17, 15) is 18.0 Å². The molecule has 1 heterocycles. The Labute approximate surface area is 131 Å². The van der Waals surface area contributed by atoms with Gasteiger partial charge in [-0.15, -0.1) is 0 Å². The van der Waals surface area contributed by atoms with Crippen molar-refractivity contribution in [2.24, 2.45) is 0 Å². The summed E-state index contributed by atoms with van der Waals surface area (Å²) in [4.78, 5) is 19.6. The maximum Gasteiger partial charge on any atom is 0.416 e. The molecule has 7 heteroatoms. The van der Waals surface area contributed by atoms with E-state index in [1.807, 2.05) is 0 Å². The standard InChI is InChI=1S/C16H16F3N3O/c17-16(18,19)11-7-5-10(6-8-11)15(23)20-9-14-21-12-3-1-2-4-13(12)22-14/h5-8H,1-4,9H2,(H,20,23)(H,21,22). The molecule has 1 aromatic carbocycles. The molecule has 1 aromatic heterocycles. The second kappa shape index (κ2) is 6.06. The maximum atomic E-state index is 12.5. The van der Waals surface area contributed by atoms with Gasteiger partial charge in [-0.2, -0.15) is 13.2 Å². The van der Waals surface area contributed by atoms with E-state index in [4.69, 9.17) is 0 Å². The van der Waals surface area contributed by atoms with Crippen LogP contribution in [0.25, 0.3) is 0 Å². The van der Waals surface area contributed by atoms with E-state index in [1.165, 1.54) is 12.1 Å². The number of alkyl halides is 3. The van der Waals surface area contributed by atoms with Crippen molar-refractivity contribution in [3.8, 4) is 0 Å². The highest BCUT2D eigenvalue weighted by Gasteiger charge is 2.30. The Morgan fingerprint density at radius 2 is 1.87 bits per heavy atom. The van der Waals surface area contributed by atoms with Gasteiger partial charge in [-0.1, -0.05) is 0 Å². The van der Waals surface area contributed by atoms with Crippen LogP contribution in [0.2, 0.25) is 0 Å². The van der Waals surface area contributed by atoms with E-state index >= 15 is 0 Å². The van der Waals surface area contributed by atoms with Crippen LogP contribution >= 0.6 is 0 Å². The number of carbonyl (C=O) groups is 1. The van der Waals surface area contributed by atoms with E-state index in [2.05, 4.69) is 15.3 Å². The fourth-order valence-electron chi connectivity index (χ4n) is 2.67. The predicted octanol–water partition coefficient (Wildman–Crippen LogP) is 3.24. The molecule has 0 spiro atoms. The number of nitrogens with zero attached hydrogens (tertiary/aromatic N) is 1. The molecule has 2 N–H and O–H groups in total. The van der Waals surface area contributed by atoms with Crippen LogP contribution in [0.5, 0.6) is 0 Å². The fourth-order valence-corrected chi connectivity index (χ4v) is 2.67. The molecule has 1 aliphatic carbocycles. The zero-order chi connectivity index (χ0) is 16.4. The van der Waals surface area contributed by atoms with Crippen molar-refractivity contribution in [3.05, 3.63) is 52.6 Å². The highest BCUT2D eigenvalue weighted by atomic mass is 19.4. The number of hydrogen-bond donors (Lipinski definition) is 2. The first-order valence-corrected chi connectivity index (χ1v) is 7.45. The van der Waals surface area contributed by atoms with E-state index in [1.54, 1.807) is 0 Å². The molecule has 122 valence electrons. The van der Waals surface area contributed by atoms with Gasteiger partial charge in [0.2, 0.25) is 0 Å². The lowest BCUT2D eigenvalue weighted by Gasteiger charge is -2.07. The number of aromatic nitrogens is 2. The molecule has 0 saturated heterocycles. The number of fused-ring (bicyclic) bond motifs is 1. The van der Waals surface area contributed by atoms with E-state index in [-0.39, 0.29) is 12.1 Å². The Kier molecular flexibility index (Phi) is 4.11. The molecule has 0 fully saturated rings. The molecular formula is C16H16F3N3O. The Morgan fingerprint density at radius 3 is 2.52 bits per heavy atom. The van der Waals surface area contributed by atoms with Gasteiger partial charge >= 0.3 is 6.18 Å². The average molecular weight is 323 g/mol. The van der Waals surface area contributed by atoms with Crippen molar-refractivity contribution in [1.29, 1.82) is 0 Å². The largest absolute Gasteiger partial charge is 0.416 e. The van der Waals surface area contributed by atoms with Gasteiger partial charge in [0.1, 0.15) is 5.82 Å². The average Bonchev–Trinajstić information content (AvgIpc) is 2.95. The number of imidazole rings is 1. The van der Waals surface area contributed by atoms with Crippen molar-refractivity contribution < 1.29 is 18.0 Å². The normalized spacial score (nSPS) is 14.4. The number of rotatable bonds is 3. The van der Waals surface area contributed by atoms with E-state index < -0.39 is 17.6 Å². The highest BCUT2D eigenvalue weighted by Crippen LogP contribution is 2.29. The lowest BCUT2D eigenvalue weighted by atomic mass is 10.0. The molecule has 0 atom stereocenters. The summed E-state index contributed by atoms with van der Waals surface area (Å²) >= 11 is 0. The fraction of sp³-hybridized carbons (Fsp3) is 0.375. The minimum atomic E-state index is -4.40. The van der Waals surface area contributed by atoms with Gasteiger partial charge in [0, 0.05) is 11.3 Å². The molecule has 1 amide bonds. The minimum Gasteiger partial charge on any atom is -0.345 e. The number of benzene rings is 1. The number of amides is 1. The van der Waals surface area contributed by atoms with Gasteiger partial charge < -0.3 is 10.3 Å². The predicted molar refractivity (Wildman–Crippen MR) is 77.8 cm³/mol. The lowest BCUT2D eigenvalue weighted by Crippen LogP contribution is -2.23. The van der Waals surface area contributed by atoms with E-state index in [0.29, 0.717) is 5.82 Å². The summed E-state index contributed by atoms with van der Waals surface area (Å²) in [5.74, 6) is 0.255. The molecule has 4 nitrogen and oxygen atoms in total. The Morgan fingerprint density at radius 1 is 1.17 bits per heavy atom. The SMILES string of the molecule is O=C(NCc1nc2c([nH]1)CCCC2)c1ccc(C(F)(F)F)cc1. The van der Waals surface area contributed by atoms with Crippen LogP contribution in [-0.2, 0) is 25.6 Å². The summed E-state index contributed by atoms with van der Waals surface area (Å²) in [6.45, 7) is 0.229. The summed E-state index contributed by atoms with van der Waals surface area (Å²) in [6.07, 6.45) is -0.238. The number of carbonyl (C=O) groups excluding carboxylic acids is 1. The zero-order valence-corrected chi connectivity index (χ0v) is 12.3. The zero-order valence-electron chi connectivity index (χ0n) is 12.3. The number of hydrogen-bond acceptors (Lipinski definition) is 2. The van der Waals surface area contributed by atoms with Crippen LogP contribution in [0.4, 0.5) is 13.2 Å². The second-order valence-corrected chi connectivity index (χ2v) is 5.57. The molecule has 0 saturated carbocycles.